The smallest absolute Gasteiger partial charge is 0.220 e. The number of rotatable bonds is 6. The molecule has 1 fully saturated rings. The van der Waals surface area contributed by atoms with E-state index in [1.807, 2.05) is 11.5 Å². The average molecular weight is 298 g/mol. The Labute approximate surface area is 123 Å². The Bertz CT molecular complexity index is 491. The van der Waals surface area contributed by atoms with Crippen molar-refractivity contribution in [1.82, 2.24) is 20.1 Å². The molecule has 0 aliphatic carbocycles. The molecule has 6 nitrogen and oxygen atoms in total. The molecule has 0 saturated carbocycles. The van der Waals surface area contributed by atoms with Crippen LogP contribution in [0.25, 0.3) is 0 Å². The van der Waals surface area contributed by atoms with Gasteiger partial charge in [0.15, 0.2) is 10.6 Å². The normalized spacial score (nSPS) is 18.9. The second-order valence-corrected chi connectivity index (χ2v) is 5.38. The highest BCUT2D eigenvalue weighted by molar-refractivity contribution is 7.71. The molecule has 2 heterocycles. The molecule has 1 aromatic rings. The molecular formula is C13H22N4O2S. The van der Waals surface area contributed by atoms with Crippen molar-refractivity contribution in [2.75, 3.05) is 6.61 Å². The SMILES string of the molecule is CCn1c(CNC(=O)CC[C@@H]2CCCCO2)n[nH]c1=S. The predicted octanol–water partition coefficient (Wildman–Crippen LogP) is 1.93. The summed E-state index contributed by atoms with van der Waals surface area (Å²) in [6.07, 6.45) is 4.97. The van der Waals surface area contributed by atoms with E-state index < -0.39 is 0 Å². The Kier molecular flexibility index (Phi) is 5.72. The quantitative estimate of drug-likeness (QED) is 0.787. The van der Waals surface area contributed by atoms with Crippen LogP contribution in [0, 0.1) is 4.77 Å². The standard InChI is InChI=1S/C13H22N4O2S/c1-2-17-11(15-16-13(17)20)9-14-12(18)7-6-10-5-3-4-8-19-10/h10H,2-9H2,1H3,(H,14,18)(H,16,20)/t10-/m0/s1. The zero-order valence-electron chi connectivity index (χ0n) is 11.9. The first-order valence-corrected chi connectivity index (χ1v) is 7.64. The minimum atomic E-state index is 0.0377. The Morgan fingerprint density at radius 3 is 3.15 bits per heavy atom. The average Bonchev–Trinajstić information content (AvgIpc) is 2.84. The lowest BCUT2D eigenvalue weighted by Gasteiger charge is -2.22. The van der Waals surface area contributed by atoms with E-state index >= 15 is 0 Å². The lowest BCUT2D eigenvalue weighted by molar-refractivity contribution is -0.122. The Hall–Kier alpha value is -1.21. The lowest BCUT2D eigenvalue weighted by atomic mass is 10.0. The van der Waals surface area contributed by atoms with Gasteiger partial charge in [-0.2, -0.15) is 5.10 Å². The molecule has 1 saturated heterocycles. The van der Waals surface area contributed by atoms with E-state index in [4.69, 9.17) is 17.0 Å². The van der Waals surface area contributed by atoms with Crippen molar-refractivity contribution in [1.29, 1.82) is 0 Å². The molecule has 1 atom stereocenters. The van der Waals surface area contributed by atoms with Gasteiger partial charge in [-0.1, -0.05) is 0 Å². The summed E-state index contributed by atoms with van der Waals surface area (Å²) in [5.74, 6) is 0.801. The summed E-state index contributed by atoms with van der Waals surface area (Å²) in [5.41, 5.74) is 0. The number of carbonyl (C=O) groups is 1. The molecule has 1 aliphatic heterocycles. The maximum atomic E-state index is 11.8. The number of nitrogens with one attached hydrogen (secondary N) is 2. The van der Waals surface area contributed by atoms with E-state index in [0.29, 0.717) is 17.7 Å². The van der Waals surface area contributed by atoms with Gasteiger partial charge in [0, 0.05) is 19.6 Å². The van der Waals surface area contributed by atoms with Crippen LogP contribution in [0.5, 0.6) is 0 Å². The van der Waals surface area contributed by atoms with Crippen molar-refractivity contribution in [3.63, 3.8) is 0 Å². The molecule has 2 rings (SSSR count). The van der Waals surface area contributed by atoms with Crippen molar-refractivity contribution in [2.24, 2.45) is 0 Å². The molecule has 0 unspecified atom stereocenters. The molecule has 0 bridgehead atoms. The molecule has 0 radical (unpaired) electrons. The number of carbonyl (C=O) groups excluding carboxylic acids is 1. The van der Waals surface area contributed by atoms with Crippen LogP contribution >= 0.6 is 12.2 Å². The number of H-pyrrole nitrogens is 1. The van der Waals surface area contributed by atoms with Gasteiger partial charge in [-0.3, -0.25) is 9.89 Å². The maximum Gasteiger partial charge on any atom is 0.220 e. The predicted molar refractivity (Wildman–Crippen MR) is 77.8 cm³/mol. The van der Waals surface area contributed by atoms with Gasteiger partial charge in [-0.25, -0.2) is 0 Å². The Morgan fingerprint density at radius 2 is 2.45 bits per heavy atom. The topological polar surface area (TPSA) is 71.9 Å². The van der Waals surface area contributed by atoms with Crippen molar-refractivity contribution in [3.8, 4) is 0 Å². The van der Waals surface area contributed by atoms with Crippen LogP contribution in [0.2, 0.25) is 0 Å². The summed E-state index contributed by atoms with van der Waals surface area (Å²) in [6, 6.07) is 0. The summed E-state index contributed by atoms with van der Waals surface area (Å²) in [5, 5.41) is 9.74. The molecule has 0 aromatic carbocycles. The van der Waals surface area contributed by atoms with Crippen LogP contribution < -0.4 is 5.32 Å². The highest BCUT2D eigenvalue weighted by Crippen LogP contribution is 2.16. The van der Waals surface area contributed by atoms with Gasteiger partial charge in [0.05, 0.1) is 12.6 Å². The van der Waals surface area contributed by atoms with Gasteiger partial charge in [0.2, 0.25) is 5.91 Å². The molecule has 2 N–H and O–H groups in total. The number of aromatic amines is 1. The molecule has 1 amide bonds. The first-order valence-electron chi connectivity index (χ1n) is 7.23. The number of aromatic nitrogens is 3. The van der Waals surface area contributed by atoms with E-state index in [-0.39, 0.29) is 12.0 Å². The fourth-order valence-corrected chi connectivity index (χ4v) is 2.68. The van der Waals surface area contributed by atoms with Crippen LogP contribution in [0.4, 0.5) is 0 Å². The number of nitrogens with zero attached hydrogens (tertiary/aromatic N) is 2. The third-order valence-corrected chi connectivity index (χ3v) is 3.88. The van der Waals surface area contributed by atoms with Crippen LogP contribution in [-0.4, -0.2) is 33.4 Å². The summed E-state index contributed by atoms with van der Waals surface area (Å²) >= 11 is 5.10. The highest BCUT2D eigenvalue weighted by atomic mass is 32.1. The van der Waals surface area contributed by atoms with Crippen molar-refractivity contribution in [3.05, 3.63) is 10.6 Å². The summed E-state index contributed by atoms with van der Waals surface area (Å²) in [4.78, 5) is 11.8. The van der Waals surface area contributed by atoms with Crippen LogP contribution in [0.3, 0.4) is 0 Å². The first-order chi connectivity index (χ1) is 9.70. The molecule has 7 heteroatoms. The van der Waals surface area contributed by atoms with Crippen LogP contribution in [-0.2, 0) is 22.6 Å². The van der Waals surface area contributed by atoms with Gasteiger partial charge in [0.1, 0.15) is 0 Å². The minimum absolute atomic E-state index is 0.0377. The van der Waals surface area contributed by atoms with Gasteiger partial charge in [-0.05, 0) is 44.8 Å². The maximum absolute atomic E-state index is 11.8. The van der Waals surface area contributed by atoms with Gasteiger partial charge >= 0.3 is 0 Å². The Morgan fingerprint density at radius 1 is 1.60 bits per heavy atom. The first kappa shape index (κ1) is 15.2. The molecule has 0 spiro atoms. The fourth-order valence-electron chi connectivity index (χ4n) is 2.40. The highest BCUT2D eigenvalue weighted by Gasteiger charge is 2.15. The van der Waals surface area contributed by atoms with Crippen LogP contribution in [0.1, 0.15) is 44.9 Å². The van der Waals surface area contributed by atoms with E-state index in [0.717, 1.165) is 38.2 Å². The minimum Gasteiger partial charge on any atom is -0.378 e. The zero-order chi connectivity index (χ0) is 14.4. The van der Waals surface area contributed by atoms with Crippen LogP contribution in [0.15, 0.2) is 0 Å². The fraction of sp³-hybridized carbons (Fsp3) is 0.769. The monoisotopic (exact) mass is 298 g/mol. The molecule has 1 aliphatic rings. The second-order valence-electron chi connectivity index (χ2n) is 4.99. The van der Waals surface area contributed by atoms with E-state index in [1.165, 1.54) is 6.42 Å². The summed E-state index contributed by atoms with van der Waals surface area (Å²) in [6.45, 7) is 3.98. The number of amides is 1. The van der Waals surface area contributed by atoms with Crippen molar-refractivity contribution >= 4 is 18.1 Å². The molecular weight excluding hydrogens is 276 g/mol. The molecule has 112 valence electrons. The number of hydrogen-bond donors (Lipinski definition) is 2. The molecule has 1 aromatic heterocycles. The van der Waals surface area contributed by atoms with E-state index in [2.05, 4.69) is 15.5 Å². The summed E-state index contributed by atoms with van der Waals surface area (Å²) < 4.78 is 8.08. The molecule has 20 heavy (non-hydrogen) atoms. The summed E-state index contributed by atoms with van der Waals surface area (Å²) in [7, 11) is 0. The number of ether oxygens (including phenoxy) is 1. The second kappa shape index (κ2) is 7.54. The van der Waals surface area contributed by atoms with Crippen molar-refractivity contribution in [2.45, 2.75) is 58.2 Å². The third-order valence-electron chi connectivity index (χ3n) is 3.56. The van der Waals surface area contributed by atoms with E-state index in [9.17, 15) is 4.79 Å². The van der Waals surface area contributed by atoms with Crippen molar-refractivity contribution < 1.29 is 9.53 Å². The third kappa shape index (κ3) is 4.14. The number of hydrogen-bond acceptors (Lipinski definition) is 4. The Balaban J connectivity index is 1.73. The largest absolute Gasteiger partial charge is 0.378 e. The zero-order valence-corrected chi connectivity index (χ0v) is 12.7. The lowest BCUT2D eigenvalue weighted by Crippen LogP contribution is -2.27. The van der Waals surface area contributed by atoms with Gasteiger partial charge in [0.25, 0.3) is 0 Å². The van der Waals surface area contributed by atoms with Gasteiger partial charge in [-0.15, -0.1) is 0 Å². The van der Waals surface area contributed by atoms with E-state index in [1.54, 1.807) is 0 Å². The van der Waals surface area contributed by atoms with Gasteiger partial charge < -0.3 is 14.6 Å².